The van der Waals surface area contributed by atoms with Crippen LogP contribution in [0.1, 0.15) is 5.56 Å². The molecule has 13 heavy (non-hydrogen) atoms. The molecule has 0 radical (unpaired) electrons. The normalized spacial score (nSPS) is 17.4. The van der Waals surface area contributed by atoms with E-state index in [2.05, 4.69) is 15.9 Å². The van der Waals surface area contributed by atoms with Gasteiger partial charge in [0.1, 0.15) is 4.90 Å². The van der Waals surface area contributed by atoms with Crippen LogP contribution >= 0.6 is 15.9 Å². The fourth-order valence-electron chi connectivity index (χ4n) is 1.20. The zero-order valence-electron chi connectivity index (χ0n) is 6.29. The van der Waals surface area contributed by atoms with Crippen LogP contribution in [0.2, 0.25) is 0 Å². The molecular formula is C8H4BrFO2S. The van der Waals surface area contributed by atoms with Crippen molar-refractivity contribution in [3.8, 4) is 0 Å². The molecule has 1 aromatic carbocycles. The van der Waals surface area contributed by atoms with E-state index in [0.29, 0.717) is 5.56 Å². The van der Waals surface area contributed by atoms with Crippen LogP contribution in [0.4, 0.5) is 4.39 Å². The van der Waals surface area contributed by atoms with E-state index in [4.69, 9.17) is 0 Å². The zero-order chi connectivity index (χ0) is 9.64. The molecule has 0 unspecified atom stereocenters. The predicted molar refractivity (Wildman–Crippen MR) is 50.3 cm³/mol. The Kier molecular flexibility index (Phi) is 1.82. The van der Waals surface area contributed by atoms with Gasteiger partial charge in [0.25, 0.3) is 0 Å². The van der Waals surface area contributed by atoms with E-state index in [0.717, 1.165) is 5.41 Å². The number of benzene rings is 1. The number of sulfone groups is 1. The zero-order valence-corrected chi connectivity index (χ0v) is 8.69. The van der Waals surface area contributed by atoms with E-state index in [1.54, 1.807) is 6.07 Å². The van der Waals surface area contributed by atoms with Crippen molar-refractivity contribution in [2.75, 3.05) is 0 Å². The van der Waals surface area contributed by atoms with Gasteiger partial charge in [-0.1, -0.05) is 6.07 Å². The van der Waals surface area contributed by atoms with Crippen molar-refractivity contribution in [1.82, 2.24) is 0 Å². The third-order valence-corrected chi connectivity index (χ3v) is 3.88. The van der Waals surface area contributed by atoms with Crippen molar-refractivity contribution in [2.45, 2.75) is 4.90 Å². The minimum atomic E-state index is -3.54. The second-order valence-electron chi connectivity index (χ2n) is 2.63. The van der Waals surface area contributed by atoms with Gasteiger partial charge in [-0.2, -0.15) is 0 Å². The lowest BCUT2D eigenvalue weighted by Gasteiger charge is -2.01. The first kappa shape index (κ1) is 8.90. The minimum Gasteiger partial charge on any atom is -0.219 e. The average molecular weight is 263 g/mol. The van der Waals surface area contributed by atoms with Gasteiger partial charge in [0.2, 0.25) is 9.84 Å². The number of halogens is 2. The molecule has 0 aliphatic carbocycles. The van der Waals surface area contributed by atoms with E-state index >= 15 is 0 Å². The fourth-order valence-corrected chi connectivity index (χ4v) is 2.95. The van der Waals surface area contributed by atoms with Crippen LogP contribution in [0.5, 0.6) is 0 Å². The van der Waals surface area contributed by atoms with Crippen LogP contribution in [-0.2, 0) is 9.84 Å². The molecule has 0 saturated carbocycles. The Morgan fingerprint density at radius 3 is 2.69 bits per heavy atom. The molecule has 0 aromatic heterocycles. The van der Waals surface area contributed by atoms with E-state index < -0.39 is 15.7 Å². The standard InChI is InChI=1S/C8H4BrFO2S/c9-6-2-1-5-3-4-13(11,12)8(5)7(6)10/h1-4H. The highest BCUT2D eigenvalue weighted by atomic mass is 79.9. The number of hydrogen-bond donors (Lipinski definition) is 0. The van der Waals surface area contributed by atoms with Crippen LogP contribution < -0.4 is 0 Å². The summed E-state index contributed by atoms with van der Waals surface area (Å²) in [7, 11) is -3.54. The quantitative estimate of drug-likeness (QED) is 0.720. The summed E-state index contributed by atoms with van der Waals surface area (Å²) in [5.74, 6) is -0.720. The van der Waals surface area contributed by atoms with Crippen molar-refractivity contribution < 1.29 is 12.8 Å². The summed E-state index contributed by atoms with van der Waals surface area (Å²) in [5, 5.41) is 1.01. The number of fused-ring (bicyclic) bond motifs is 1. The van der Waals surface area contributed by atoms with Crippen molar-refractivity contribution in [3.05, 3.63) is 33.4 Å². The third-order valence-electron chi connectivity index (χ3n) is 1.79. The van der Waals surface area contributed by atoms with Gasteiger partial charge in [0.15, 0.2) is 5.82 Å². The lowest BCUT2D eigenvalue weighted by Crippen LogP contribution is -1.98. The SMILES string of the molecule is O=S1(=O)C=Cc2ccc(Br)c(F)c21. The second kappa shape index (κ2) is 2.65. The summed E-state index contributed by atoms with van der Waals surface area (Å²) in [6, 6.07) is 3.04. The Hall–Kier alpha value is -0.680. The maximum atomic E-state index is 13.3. The Morgan fingerprint density at radius 2 is 2.00 bits per heavy atom. The third kappa shape index (κ3) is 1.23. The van der Waals surface area contributed by atoms with Gasteiger partial charge < -0.3 is 0 Å². The molecular weight excluding hydrogens is 259 g/mol. The fraction of sp³-hybridized carbons (Fsp3) is 0. The molecule has 1 aliphatic heterocycles. The minimum absolute atomic E-state index is 0.165. The molecule has 0 bridgehead atoms. The first-order valence-corrected chi connectivity index (χ1v) is 5.77. The van der Waals surface area contributed by atoms with Gasteiger partial charge in [-0.3, -0.25) is 0 Å². The topological polar surface area (TPSA) is 34.1 Å². The van der Waals surface area contributed by atoms with Gasteiger partial charge >= 0.3 is 0 Å². The molecule has 0 saturated heterocycles. The van der Waals surface area contributed by atoms with E-state index in [1.165, 1.54) is 12.1 Å². The summed E-state index contributed by atoms with van der Waals surface area (Å²) < 4.78 is 36.1. The molecule has 0 fully saturated rings. The van der Waals surface area contributed by atoms with Gasteiger partial charge in [-0.15, -0.1) is 0 Å². The number of hydrogen-bond acceptors (Lipinski definition) is 2. The number of rotatable bonds is 0. The lowest BCUT2D eigenvalue weighted by atomic mass is 10.2. The van der Waals surface area contributed by atoms with Gasteiger partial charge in [0, 0.05) is 5.41 Å². The molecule has 2 rings (SSSR count). The van der Waals surface area contributed by atoms with Crippen LogP contribution in [0.25, 0.3) is 6.08 Å². The lowest BCUT2D eigenvalue weighted by molar-refractivity contribution is 0.569. The molecule has 0 amide bonds. The maximum absolute atomic E-state index is 13.3. The molecule has 0 atom stereocenters. The molecule has 1 aliphatic rings. The molecule has 1 aromatic rings. The van der Waals surface area contributed by atoms with Gasteiger partial charge in [-0.25, -0.2) is 12.8 Å². The Balaban J connectivity index is 2.89. The van der Waals surface area contributed by atoms with Crippen molar-refractivity contribution in [1.29, 1.82) is 0 Å². The van der Waals surface area contributed by atoms with Crippen molar-refractivity contribution >= 4 is 31.8 Å². The van der Waals surface area contributed by atoms with Gasteiger partial charge in [0.05, 0.1) is 4.47 Å². The highest BCUT2D eigenvalue weighted by Gasteiger charge is 2.26. The van der Waals surface area contributed by atoms with Crippen LogP contribution in [0, 0.1) is 5.82 Å². The van der Waals surface area contributed by atoms with Crippen LogP contribution in [0.3, 0.4) is 0 Å². The first-order chi connectivity index (χ1) is 6.02. The summed E-state index contributed by atoms with van der Waals surface area (Å²) in [5.41, 5.74) is 0.403. The second-order valence-corrected chi connectivity index (χ2v) is 5.25. The average Bonchev–Trinajstić information content (AvgIpc) is 2.35. The monoisotopic (exact) mass is 262 g/mol. The highest BCUT2D eigenvalue weighted by Crippen LogP contribution is 2.32. The Bertz CT molecular complexity index is 505. The largest absolute Gasteiger partial charge is 0.219 e. The van der Waals surface area contributed by atoms with Crippen molar-refractivity contribution in [2.24, 2.45) is 0 Å². The van der Waals surface area contributed by atoms with E-state index in [-0.39, 0.29) is 9.37 Å². The molecule has 68 valence electrons. The molecule has 2 nitrogen and oxygen atoms in total. The van der Waals surface area contributed by atoms with E-state index in [1.807, 2.05) is 0 Å². The van der Waals surface area contributed by atoms with Crippen LogP contribution in [0.15, 0.2) is 26.9 Å². The molecule has 1 heterocycles. The summed E-state index contributed by atoms with van der Waals surface area (Å²) in [4.78, 5) is -0.234. The first-order valence-electron chi connectivity index (χ1n) is 3.43. The predicted octanol–water partition coefficient (Wildman–Crippen LogP) is 2.35. The Labute approximate surface area is 83.1 Å². The highest BCUT2D eigenvalue weighted by molar-refractivity contribution is 9.10. The smallest absolute Gasteiger partial charge is 0.203 e. The summed E-state index contributed by atoms with van der Waals surface area (Å²) in [6.45, 7) is 0. The van der Waals surface area contributed by atoms with Gasteiger partial charge in [-0.05, 0) is 33.6 Å². The summed E-state index contributed by atoms with van der Waals surface area (Å²) in [6.07, 6.45) is 1.39. The molecule has 0 spiro atoms. The Morgan fingerprint density at radius 1 is 1.31 bits per heavy atom. The maximum Gasteiger partial charge on any atom is 0.203 e. The molecule has 0 N–H and O–H groups in total. The summed E-state index contributed by atoms with van der Waals surface area (Å²) >= 11 is 2.93. The molecule has 5 heteroatoms. The van der Waals surface area contributed by atoms with Crippen molar-refractivity contribution in [3.63, 3.8) is 0 Å². The van der Waals surface area contributed by atoms with E-state index in [9.17, 15) is 12.8 Å². The van der Waals surface area contributed by atoms with Crippen LogP contribution in [-0.4, -0.2) is 8.42 Å².